The molecule has 1 atom stereocenters. The number of aliphatic carboxylic acids is 1. The van der Waals surface area contributed by atoms with Crippen LogP contribution in [0.5, 0.6) is 0 Å². The number of hydrogen-bond acceptors (Lipinski definition) is 1. The molecule has 0 aromatic carbocycles. The van der Waals surface area contributed by atoms with Gasteiger partial charge in [0.25, 0.3) is 0 Å². The quantitative estimate of drug-likeness (QED) is 0.599. The Kier molecular flexibility index (Phi) is 6.82. The summed E-state index contributed by atoms with van der Waals surface area (Å²) in [7, 11) is 0. The SMILES string of the molecule is CCCCCC[C@@H](C)CC(=O)O. The Balaban J connectivity index is 3.19. The maximum absolute atomic E-state index is 10.3. The largest absolute Gasteiger partial charge is 0.481 e. The summed E-state index contributed by atoms with van der Waals surface area (Å²) in [5.74, 6) is -0.322. The van der Waals surface area contributed by atoms with Crippen molar-refractivity contribution in [2.45, 2.75) is 52.4 Å². The Bertz CT molecular complexity index is 121. The average Bonchev–Trinajstić information content (AvgIpc) is 1.97. The van der Waals surface area contributed by atoms with E-state index in [0.717, 1.165) is 6.42 Å². The molecule has 0 aromatic rings. The number of unbranched alkanes of at least 4 members (excludes halogenated alkanes) is 3. The second-order valence-electron chi connectivity index (χ2n) is 3.55. The van der Waals surface area contributed by atoms with Gasteiger partial charge in [-0.2, -0.15) is 0 Å². The fourth-order valence-electron chi connectivity index (χ4n) is 1.32. The molecular formula is C10H20O2. The van der Waals surface area contributed by atoms with Crippen molar-refractivity contribution >= 4 is 5.97 Å². The minimum absolute atomic E-state index is 0.326. The summed E-state index contributed by atoms with van der Waals surface area (Å²) in [6.07, 6.45) is 6.34. The third-order valence-electron chi connectivity index (χ3n) is 2.07. The lowest BCUT2D eigenvalue weighted by molar-refractivity contribution is -0.138. The highest BCUT2D eigenvalue weighted by molar-refractivity contribution is 5.66. The average molecular weight is 172 g/mol. The predicted octanol–water partition coefficient (Wildman–Crippen LogP) is 3.07. The van der Waals surface area contributed by atoms with Gasteiger partial charge in [-0.05, 0) is 5.92 Å². The van der Waals surface area contributed by atoms with Crippen LogP contribution < -0.4 is 0 Å². The first-order valence-corrected chi connectivity index (χ1v) is 4.88. The second kappa shape index (κ2) is 7.14. The molecular weight excluding hydrogens is 152 g/mol. The summed E-state index contributed by atoms with van der Waals surface area (Å²) in [4.78, 5) is 10.3. The van der Waals surface area contributed by atoms with Gasteiger partial charge in [-0.1, -0.05) is 46.0 Å². The number of hydrogen-bond donors (Lipinski definition) is 1. The molecule has 0 radical (unpaired) electrons. The van der Waals surface area contributed by atoms with Crippen LogP contribution >= 0.6 is 0 Å². The standard InChI is InChI=1S/C10H20O2/c1-3-4-5-6-7-9(2)8-10(11)12/h9H,3-8H2,1-2H3,(H,11,12)/t9-/m1/s1. The second-order valence-corrected chi connectivity index (χ2v) is 3.55. The lowest BCUT2D eigenvalue weighted by Gasteiger charge is -2.06. The zero-order chi connectivity index (χ0) is 9.40. The maximum Gasteiger partial charge on any atom is 0.303 e. The lowest BCUT2D eigenvalue weighted by Crippen LogP contribution is -2.03. The third kappa shape index (κ3) is 7.58. The van der Waals surface area contributed by atoms with Gasteiger partial charge in [-0.15, -0.1) is 0 Å². The molecule has 12 heavy (non-hydrogen) atoms. The van der Waals surface area contributed by atoms with Gasteiger partial charge in [0, 0.05) is 6.42 Å². The minimum atomic E-state index is -0.669. The maximum atomic E-state index is 10.3. The van der Waals surface area contributed by atoms with Gasteiger partial charge in [-0.25, -0.2) is 0 Å². The van der Waals surface area contributed by atoms with Crippen LogP contribution in [0.3, 0.4) is 0 Å². The van der Waals surface area contributed by atoms with Gasteiger partial charge in [0.05, 0.1) is 0 Å². The Morgan fingerprint density at radius 2 is 2.00 bits per heavy atom. The van der Waals surface area contributed by atoms with Gasteiger partial charge in [-0.3, -0.25) is 4.79 Å². The zero-order valence-electron chi connectivity index (χ0n) is 8.18. The fraction of sp³-hybridized carbons (Fsp3) is 0.900. The predicted molar refractivity (Wildman–Crippen MR) is 50.2 cm³/mol. The molecule has 1 N–H and O–H groups in total. The van der Waals surface area contributed by atoms with Crippen molar-refractivity contribution < 1.29 is 9.90 Å². The molecule has 2 nitrogen and oxygen atoms in total. The first-order chi connectivity index (χ1) is 5.66. The van der Waals surface area contributed by atoms with Crippen molar-refractivity contribution in [2.24, 2.45) is 5.92 Å². The van der Waals surface area contributed by atoms with Gasteiger partial charge in [0.1, 0.15) is 0 Å². The molecule has 0 saturated heterocycles. The van der Waals surface area contributed by atoms with Crippen molar-refractivity contribution in [3.8, 4) is 0 Å². The molecule has 2 heteroatoms. The van der Waals surface area contributed by atoms with Gasteiger partial charge < -0.3 is 5.11 Å². The van der Waals surface area contributed by atoms with E-state index in [1.165, 1.54) is 25.7 Å². The van der Waals surface area contributed by atoms with Crippen molar-refractivity contribution in [3.05, 3.63) is 0 Å². The van der Waals surface area contributed by atoms with Crippen LogP contribution in [0, 0.1) is 5.92 Å². The van der Waals surface area contributed by atoms with Crippen molar-refractivity contribution in [1.29, 1.82) is 0 Å². The molecule has 0 aliphatic carbocycles. The Morgan fingerprint density at radius 1 is 1.33 bits per heavy atom. The molecule has 0 bridgehead atoms. The van der Waals surface area contributed by atoms with Crippen molar-refractivity contribution in [2.75, 3.05) is 0 Å². The number of carbonyl (C=O) groups is 1. The van der Waals surface area contributed by atoms with E-state index in [4.69, 9.17) is 5.11 Å². The van der Waals surface area contributed by atoms with Crippen LogP contribution in [-0.4, -0.2) is 11.1 Å². The van der Waals surface area contributed by atoms with Gasteiger partial charge in [0.15, 0.2) is 0 Å². The minimum Gasteiger partial charge on any atom is -0.481 e. The summed E-state index contributed by atoms with van der Waals surface area (Å²) in [6.45, 7) is 4.20. The van der Waals surface area contributed by atoms with Crippen LogP contribution in [0.2, 0.25) is 0 Å². The summed E-state index contributed by atoms with van der Waals surface area (Å²) in [5, 5.41) is 8.49. The third-order valence-corrected chi connectivity index (χ3v) is 2.07. The monoisotopic (exact) mass is 172 g/mol. The van der Waals surface area contributed by atoms with Gasteiger partial charge >= 0.3 is 5.97 Å². The summed E-state index contributed by atoms with van der Waals surface area (Å²) in [5.41, 5.74) is 0. The number of rotatable bonds is 7. The highest BCUT2D eigenvalue weighted by atomic mass is 16.4. The molecule has 0 aliphatic heterocycles. The molecule has 72 valence electrons. The van der Waals surface area contributed by atoms with E-state index >= 15 is 0 Å². The zero-order valence-corrected chi connectivity index (χ0v) is 8.18. The first-order valence-electron chi connectivity index (χ1n) is 4.88. The van der Waals surface area contributed by atoms with Crippen molar-refractivity contribution in [1.82, 2.24) is 0 Å². The molecule has 0 aliphatic rings. The van der Waals surface area contributed by atoms with Crippen LogP contribution in [0.4, 0.5) is 0 Å². The molecule has 0 unspecified atom stereocenters. The smallest absolute Gasteiger partial charge is 0.303 e. The molecule has 0 heterocycles. The summed E-state index contributed by atoms with van der Waals surface area (Å²) in [6, 6.07) is 0. The van der Waals surface area contributed by atoms with E-state index < -0.39 is 5.97 Å². The van der Waals surface area contributed by atoms with Crippen LogP contribution in [0.15, 0.2) is 0 Å². The van der Waals surface area contributed by atoms with E-state index in [1.54, 1.807) is 0 Å². The summed E-state index contributed by atoms with van der Waals surface area (Å²) < 4.78 is 0. The van der Waals surface area contributed by atoms with E-state index in [1.807, 2.05) is 6.92 Å². The molecule has 0 rings (SSSR count). The van der Waals surface area contributed by atoms with E-state index in [9.17, 15) is 4.79 Å². The van der Waals surface area contributed by atoms with E-state index in [2.05, 4.69) is 6.92 Å². The lowest BCUT2D eigenvalue weighted by atomic mass is 10.00. The molecule has 0 amide bonds. The highest BCUT2D eigenvalue weighted by Gasteiger charge is 2.06. The van der Waals surface area contributed by atoms with E-state index in [-0.39, 0.29) is 0 Å². The number of carboxylic acid groups (broad SMARTS) is 1. The topological polar surface area (TPSA) is 37.3 Å². The molecule has 0 saturated carbocycles. The van der Waals surface area contributed by atoms with Crippen LogP contribution in [-0.2, 0) is 4.79 Å². The van der Waals surface area contributed by atoms with Gasteiger partial charge in [0.2, 0.25) is 0 Å². The molecule has 0 aromatic heterocycles. The highest BCUT2D eigenvalue weighted by Crippen LogP contribution is 2.13. The summed E-state index contributed by atoms with van der Waals surface area (Å²) >= 11 is 0. The van der Waals surface area contributed by atoms with E-state index in [0.29, 0.717) is 12.3 Å². The molecule has 0 spiro atoms. The molecule has 0 fully saturated rings. The van der Waals surface area contributed by atoms with Crippen molar-refractivity contribution in [3.63, 3.8) is 0 Å². The van der Waals surface area contributed by atoms with Crippen LogP contribution in [0.25, 0.3) is 0 Å². The van der Waals surface area contributed by atoms with Crippen LogP contribution in [0.1, 0.15) is 52.4 Å². The Morgan fingerprint density at radius 3 is 2.50 bits per heavy atom. The number of carboxylic acids is 1. The normalized spacial score (nSPS) is 12.8. The Hall–Kier alpha value is -0.530. The first kappa shape index (κ1) is 11.5. The Labute approximate surface area is 75.0 Å². The fourth-order valence-corrected chi connectivity index (χ4v) is 1.32.